The quantitative estimate of drug-likeness (QED) is 0.456. The number of H-pyrrole nitrogens is 1. The molecule has 0 aliphatic heterocycles. The Morgan fingerprint density at radius 3 is 2.33 bits per heavy atom. The molecule has 7 nitrogen and oxygen atoms in total. The van der Waals surface area contributed by atoms with Gasteiger partial charge in [-0.25, -0.2) is 10.1 Å². The van der Waals surface area contributed by atoms with E-state index in [0.717, 1.165) is 0 Å². The summed E-state index contributed by atoms with van der Waals surface area (Å²) >= 11 is 0. The third-order valence-electron chi connectivity index (χ3n) is 4.90. The van der Waals surface area contributed by atoms with Crippen LogP contribution in [0.3, 0.4) is 0 Å². The molecule has 1 heterocycles. The number of phenols is 1. The van der Waals surface area contributed by atoms with Crippen LogP contribution >= 0.6 is 0 Å². The van der Waals surface area contributed by atoms with Crippen LogP contribution in [0.5, 0.6) is 5.75 Å². The zero-order chi connectivity index (χ0) is 22.1. The van der Waals surface area contributed by atoms with Gasteiger partial charge in [0, 0.05) is 5.69 Å². The van der Waals surface area contributed by atoms with Crippen LogP contribution in [0, 0.1) is 6.92 Å². The number of aromatic hydroxyl groups is 1. The van der Waals surface area contributed by atoms with Gasteiger partial charge in [0.15, 0.2) is 0 Å². The Morgan fingerprint density at radius 2 is 1.73 bits per heavy atom. The molecule has 1 amide bonds. The van der Waals surface area contributed by atoms with Crippen molar-refractivity contribution in [3.63, 3.8) is 0 Å². The van der Waals surface area contributed by atoms with Gasteiger partial charge in [0.2, 0.25) is 0 Å². The van der Waals surface area contributed by atoms with E-state index in [-0.39, 0.29) is 22.3 Å². The van der Waals surface area contributed by atoms with Gasteiger partial charge in [-0.3, -0.25) is 14.7 Å². The smallest absolute Gasteiger partial charge is 0.280 e. The Kier molecular flexibility index (Phi) is 5.64. The second-order valence-electron chi connectivity index (χ2n) is 8.20. The van der Waals surface area contributed by atoms with Gasteiger partial charge in [-0.2, -0.15) is 5.10 Å². The number of phenolic OH excluding ortho intramolecular Hbond substituents is 1. The average Bonchev–Trinajstić information content (AvgIpc) is 3.00. The molecule has 0 spiro atoms. The lowest BCUT2D eigenvalue weighted by molar-refractivity contribution is 0.0952. The van der Waals surface area contributed by atoms with Crippen LogP contribution in [-0.4, -0.2) is 26.5 Å². The molecule has 0 atom stereocenters. The van der Waals surface area contributed by atoms with Crippen molar-refractivity contribution in [1.82, 2.24) is 15.2 Å². The number of hydrazone groups is 1. The van der Waals surface area contributed by atoms with Gasteiger partial charge in [0.1, 0.15) is 5.75 Å². The molecule has 7 heteroatoms. The number of nitrogens with one attached hydrogen (secondary N) is 2. The van der Waals surface area contributed by atoms with Crippen molar-refractivity contribution < 1.29 is 9.90 Å². The van der Waals surface area contributed by atoms with Crippen molar-refractivity contribution in [1.29, 1.82) is 0 Å². The maximum absolute atomic E-state index is 13.0. The number of aromatic nitrogens is 2. The van der Waals surface area contributed by atoms with E-state index in [1.165, 1.54) is 22.4 Å². The molecule has 0 saturated heterocycles. The van der Waals surface area contributed by atoms with Gasteiger partial charge >= 0.3 is 0 Å². The fourth-order valence-corrected chi connectivity index (χ4v) is 3.18. The maximum Gasteiger partial charge on any atom is 0.280 e. The van der Waals surface area contributed by atoms with E-state index >= 15 is 0 Å². The first kappa shape index (κ1) is 21.1. The zero-order valence-corrected chi connectivity index (χ0v) is 17.8. The lowest BCUT2D eigenvalue weighted by atomic mass is 9.87. The first-order valence-electron chi connectivity index (χ1n) is 9.65. The van der Waals surface area contributed by atoms with Crippen molar-refractivity contribution in [2.75, 3.05) is 0 Å². The summed E-state index contributed by atoms with van der Waals surface area (Å²) in [7, 11) is 0. The monoisotopic (exact) mass is 406 g/mol. The van der Waals surface area contributed by atoms with Crippen molar-refractivity contribution in [3.05, 3.63) is 81.3 Å². The van der Waals surface area contributed by atoms with Crippen molar-refractivity contribution in [3.8, 4) is 11.4 Å². The predicted octanol–water partition coefficient (Wildman–Crippen LogP) is 3.63. The predicted molar refractivity (Wildman–Crippen MR) is 118 cm³/mol. The number of hydrogen-bond acceptors (Lipinski definition) is 4. The summed E-state index contributed by atoms with van der Waals surface area (Å²) in [5, 5.41) is 16.9. The summed E-state index contributed by atoms with van der Waals surface area (Å²) in [4.78, 5) is 25.2. The van der Waals surface area contributed by atoms with Crippen molar-refractivity contribution in [2.45, 2.75) is 40.0 Å². The molecular weight excluding hydrogens is 380 g/mol. The summed E-state index contributed by atoms with van der Waals surface area (Å²) in [6.07, 6.45) is 0. The summed E-state index contributed by atoms with van der Waals surface area (Å²) < 4.78 is 1.46. The van der Waals surface area contributed by atoms with E-state index in [9.17, 15) is 14.7 Å². The second kappa shape index (κ2) is 8.02. The molecule has 3 rings (SSSR count). The van der Waals surface area contributed by atoms with Crippen LogP contribution in [-0.2, 0) is 5.41 Å². The van der Waals surface area contributed by atoms with E-state index in [2.05, 4.69) is 36.4 Å². The number of hydrogen-bond donors (Lipinski definition) is 3. The Bertz CT molecular complexity index is 1160. The number of para-hydroxylation sites is 1. The highest BCUT2D eigenvalue weighted by Gasteiger charge is 2.18. The molecule has 0 fully saturated rings. The third-order valence-corrected chi connectivity index (χ3v) is 4.90. The number of amides is 1. The number of carbonyl (C=O) groups excluding carboxylic acids is 1. The minimum atomic E-state index is -0.557. The molecule has 30 heavy (non-hydrogen) atoms. The zero-order valence-electron chi connectivity index (χ0n) is 17.8. The minimum absolute atomic E-state index is 0.0228. The lowest BCUT2D eigenvalue weighted by Crippen LogP contribution is -2.23. The van der Waals surface area contributed by atoms with Gasteiger partial charge < -0.3 is 5.11 Å². The molecule has 156 valence electrons. The highest BCUT2D eigenvalue weighted by atomic mass is 16.3. The maximum atomic E-state index is 13.0. The first-order chi connectivity index (χ1) is 14.1. The fourth-order valence-electron chi connectivity index (χ4n) is 3.18. The van der Waals surface area contributed by atoms with Gasteiger partial charge in [0.05, 0.1) is 22.5 Å². The molecule has 3 aromatic rings. The Morgan fingerprint density at radius 1 is 1.10 bits per heavy atom. The van der Waals surface area contributed by atoms with Crippen LogP contribution < -0.4 is 11.0 Å². The Balaban J connectivity index is 1.88. The molecule has 0 aliphatic carbocycles. The van der Waals surface area contributed by atoms with E-state index in [0.29, 0.717) is 22.7 Å². The summed E-state index contributed by atoms with van der Waals surface area (Å²) in [5.74, 6) is -0.694. The van der Waals surface area contributed by atoms with Gasteiger partial charge in [-0.15, -0.1) is 0 Å². The third kappa shape index (κ3) is 4.20. The lowest BCUT2D eigenvalue weighted by Gasteiger charge is -2.19. The van der Waals surface area contributed by atoms with E-state index in [1.54, 1.807) is 26.0 Å². The molecule has 3 N–H and O–H groups in total. The van der Waals surface area contributed by atoms with Crippen LogP contribution in [0.2, 0.25) is 0 Å². The molecule has 0 bridgehead atoms. The summed E-state index contributed by atoms with van der Waals surface area (Å²) in [5.41, 5.74) is 5.54. The molecule has 0 unspecified atom stereocenters. The number of carbonyl (C=O) groups is 1. The van der Waals surface area contributed by atoms with Crippen LogP contribution in [0.15, 0.2) is 58.4 Å². The molecule has 0 saturated carbocycles. The number of rotatable bonds is 4. The molecule has 0 radical (unpaired) electrons. The number of nitrogens with zero attached hydrogens (tertiary/aromatic N) is 2. The number of aryl methyl sites for hydroxylation is 1. The molecule has 2 aromatic carbocycles. The first-order valence-corrected chi connectivity index (χ1v) is 9.65. The highest BCUT2D eigenvalue weighted by Crippen LogP contribution is 2.23. The second-order valence-corrected chi connectivity index (χ2v) is 8.20. The standard InChI is InChI=1S/C23H26N4O3/c1-14(24-25-21(29)18-8-6-7-9-19(18)28)20-15(2)26-27(22(20)30)17-12-10-16(11-13-17)23(3,4)5/h6-13,26,28H,1-5H3,(H,25,29)/b24-14+. The topological polar surface area (TPSA) is 99.5 Å². The van der Waals surface area contributed by atoms with Gasteiger partial charge in [-0.05, 0) is 49.1 Å². The molecule has 0 aliphatic rings. The molecule has 1 aromatic heterocycles. The fraction of sp³-hybridized carbons (Fsp3) is 0.261. The normalized spacial score (nSPS) is 12.1. The summed E-state index contributed by atoms with van der Waals surface area (Å²) in [6, 6.07) is 14.0. The van der Waals surface area contributed by atoms with Gasteiger partial charge in [0.25, 0.3) is 11.5 Å². The van der Waals surface area contributed by atoms with E-state index in [4.69, 9.17) is 0 Å². The van der Waals surface area contributed by atoms with Crippen molar-refractivity contribution >= 4 is 11.6 Å². The minimum Gasteiger partial charge on any atom is -0.507 e. The van der Waals surface area contributed by atoms with E-state index in [1.807, 2.05) is 24.3 Å². The summed E-state index contributed by atoms with van der Waals surface area (Å²) in [6.45, 7) is 9.83. The average molecular weight is 406 g/mol. The number of aromatic amines is 1. The Labute approximate surface area is 175 Å². The van der Waals surface area contributed by atoms with Crippen molar-refractivity contribution in [2.24, 2.45) is 5.10 Å². The van der Waals surface area contributed by atoms with Crippen LogP contribution in [0.1, 0.15) is 54.9 Å². The van der Waals surface area contributed by atoms with Crippen LogP contribution in [0.25, 0.3) is 5.69 Å². The van der Waals surface area contributed by atoms with Crippen LogP contribution in [0.4, 0.5) is 0 Å². The largest absolute Gasteiger partial charge is 0.507 e. The van der Waals surface area contributed by atoms with E-state index < -0.39 is 5.91 Å². The SMILES string of the molecule is C/C(=N\NC(=O)c1ccccc1O)c1c(C)[nH]n(-c2ccc(C(C)(C)C)cc2)c1=O. The Hall–Kier alpha value is -3.61. The highest BCUT2D eigenvalue weighted by molar-refractivity contribution is 6.02. The molecular formula is C23H26N4O3. The number of benzene rings is 2. The van der Waals surface area contributed by atoms with Gasteiger partial charge in [-0.1, -0.05) is 45.0 Å².